The van der Waals surface area contributed by atoms with Crippen molar-refractivity contribution in [3.63, 3.8) is 0 Å². The Bertz CT molecular complexity index is 1190. The number of benzene rings is 3. The molecule has 168 valence electrons. The summed E-state index contributed by atoms with van der Waals surface area (Å²) in [7, 11) is 0. The van der Waals surface area contributed by atoms with Crippen LogP contribution in [-0.4, -0.2) is 29.5 Å². The van der Waals surface area contributed by atoms with Gasteiger partial charge in [-0.1, -0.05) is 66.7 Å². The maximum Gasteiger partial charge on any atom is 0.417 e. The second-order valence-electron chi connectivity index (χ2n) is 7.63. The van der Waals surface area contributed by atoms with Crippen LogP contribution in [0.3, 0.4) is 0 Å². The van der Waals surface area contributed by atoms with Gasteiger partial charge < -0.3 is 4.74 Å². The van der Waals surface area contributed by atoms with Gasteiger partial charge >= 0.3 is 12.3 Å². The van der Waals surface area contributed by atoms with Gasteiger partial charge in [0.2, 0.25) is 0 Å². The van der Waals surface area contributed by atoms with Gasteiger partial charge in [-0.25, -0.2) is 9.69 Å². The Kier molecular flexibility index (Phi) is 6.31. The summed E-state index contributed by atoms with van der Waals surface area (Å²) < 4.78 is 45.2. The zero-order valence-electron chi connectivity index (χ0n) is 17.5. The van der Waals surface area contributed by atoms with Gasteiger partial charge in [-0.15, -0.1) is 0 Å². The van der Waals surface area contributed by atoms with Crippen LogP contribution < -0.4 is 0 Å². The lowest BCUT2D eigenvalue weighted by atomic mass is 9.97. The molecule has 4 rings (SSSR count). The van der Waals surface area contributed by atoms with Gasteiger partial charge in [0.1, 0.15) is 6.61 Å². The zero-order valence-corrected chi connectivity index (χ0v) is 17.5. The van der Waals surface area contributed by atoms with Gasteiger partial charge in [-0.3, -0.25) is 4.79 Å². The fourth-order valence-electron chi connectivity index (χ4n) is 3.81. The van der Waals surface area contributed by atoms with Gasteiger partial charge in [0.15, 0.2) is 0 Å². The maximum atomic E-state index is 13.4. The van der Waals surface area contributed by atoms with Crippen molar-refractivity contribution in [3.8, 4) is 11.1 Å². The molecule has 3 aromatic rings. The highest BCUT2D eigenvalue weighted by Crippen LogP contribution is 2.37. The number of ether oxygens (including phenoxy) is 1. The average molecular weight is 451 g/mol. The van der Waals surface area contributed by atoms with E-state index in [0.29, 0.717) is 17.5 Å². The molecule has 1 heterocycles. The van der Waals surface area contributed by atoms with E-state index in [1.807, 2.05) is 30.3 Å². The van der Waals surface area contributed by atoms with E-state index < -0.39 is 29.8 Å². The molecule has 1 saturated heterocycles. The molecule has 1 atom stereocenters. The molecule has 0 spiro atoms. The van der Waals surface area contributed by atoms with Crippen molar-refractivity contribution in [2.24, 2.45) is 0 Å². The summed E-state index contributed by atoms with van der Waals surface area (Å²) in [6.07, 6.45) is -2.01. The van der Waals surface area contributed by atoms with Crippen LogP contribution >= 0.6 is 0 Å². The molecule has 1 aliphatic rings. The Morgan fingerprint density at radius 3 is 2.48 bits per heavy atom. The molecule has 2 amide bonds. The molecule has 1 fully saturated rings. The molecule has 0 radical (unpaired) electrons. The largest absolute Gasteiger partial charge is 0.447 e. The summed E-state index contributed by atoms with van der Waals surface area (Å²) in [6, 6.07) is 20.8. The predicted molar refractivity (Wildman–Crippen MR) is 118 cm³/mol. The van der Waals surface area contributed by atoms with Crippen molar-refractivity contribution in [1.82, 2.24) is 4.90 Å². The smallest absolute Gasteiger partial charge is 0.417 e. The number of halogens is 3. The van der Waals surface area contributed by atoms with Crippen LogP contribution in [0.1, 0.15) is 16.7 Å². The van der Waals surface area contributed by atoms with Gasteiger partial charge in [-0.2, -0.15) is 13.2 Å². The molecule has 0 bridgehead atoms. The first-order valence-electron chi connectivity index (χ1n) is 10.3. The minimum absolute atomic E-state index is 0.0534. The summed E-state index contributed by atoms with van der Waals surface area (Å²) >= 11 is 0. The summed E-state index contributed by atoms with van der Waals surface area (Å²) in [6.45, 7) is 0.108. The van der Waals surface area contributed by atoms with Gasteiger partial charge in [0, 0.05) is 6.08 Å². The van der Waals surface area contributed by atoms with E-state index in [1.54, 1.807) is 30.3 Å². The van der Waals surface area contributed by atoms with Crippen molar-refractivity contribution in [2.75, 3.05) is 6.61 Å². The van der Waals surface area contributed by atoms with E-state index in [1.165, 1.54) is 24.3 Å². The molecule has 1 unspecified atom stereocenters. The lowest BCUT2D eigenvalue weighted by molar-refractivity contribution is -0.137. The molecule has 33 heavy (non-hydrogen) atoms. The number of carbonyl (C=O) groups excluding carboxylic acids is 2. The van der Waals surface area contributed by atoms with Crippen molar-refractivity contribution < 1.29 is 27.5 Å². The van der Waals surface area contributed by atoms with Crippen LogP contribution in [0.5, 0.6) is 0 Å². The molecular weight excluding hydrogens is 431 g/mol. The Labute approximate surface area is 188 Å². The summed E-state index contributed by atoms with van der Waals surface area (Å²) in [5, 5.41) is 0. The number of cyclic esters (lactones) is 1. The third kappa shape index (κ3) is 5.14. The number of amides is 2. The third-order valence-corrected chi connectivity index (χ3v) is 5.36. The summed E-state index contributed by atoms with van der Waals surface area (Å²) in [5.74, 6) is -0.542. The number of hydrogen-bond acceptors (Lipinski definition) is 3. The topological polar surface area (TPSA) is 46.6 Å². The van der Waals surface area contributed by atoms with E-state index in [9.17, 15) is 22.8 Å². The Morgan fingerprint density at radius 1 is 1.00 bits per heavy atom. The first-order valence-corrected chi connectivity index (χ1v) is 10.3. The van der Waals surface area contributed by atoms with Crippen LogP contribution in [0, 0.1) is 0 Å². The number of imide groups is 1. The molecule has 3 aromatic carbocycles. The minimum atomic E-state index is -4.48. The van der Waals surface area contributed by atoms with Gasteiger partial charge in [-0.05, 0) is 46.9 Å². The number of carbonyl (C=O) groups is 2. The Hall–Kier alpha value is -3.87. The Morgan fingerprint density at radius 2 is 1.73 bits per heavy atom. The average Bonchev–Trinajstić information content (AvgIpc) is 3.17. The van der Waals surface area contributed by atoms with Crippen molar-refractivity contribution in [2.45, 2.75) is 18.6 Å². The molecule has 0 saturated carbocycles. The number of hydrogen-bond donors (Lipinski definition) is 0. The van der Waals surface area contributed by atoms with Crippen LogP contribution in [-0.2, 0) is 22.1 Å². The quantitative estimate of drug-likeness (QED) is 0.449. The number of alkyl halides is 3. The highest BCUT2D eigenvalue weighted by atomic mass is 19.4. The van der Waals surface area contributed by atoms with E-state index in [2.05, 4.69) is 0 Å². The molecule has 0 N–H and O–H groups in total. The normalized spacial score (nSPS) is 16.3. The van der Waals surface area contributed by atoms with Crippen molar-refractivity contribution >= 4 is 18.1 Å². The van der Waals surface area contributed by atoms with E-state index >= 15 is 0 Å². The summed E-state index contributed by atoms with van der Waals surface area (Å²) in [4.78, 5) is 26.0. The minimum Gasteiger partial charge on any atom is -0.447 e. The number of nitrogens with zero attached hydrogens (tertiary/aromatic N) is 1. The molecule has 0 aliphatic carbocycles. The first kappa shape index (κ1) is 22.3. The number of rotatable bonds is 5. The molecule has 4 nitrogen and oxygen atoms in total. The monoisotopic (exact) mass is 451 g/mol. The third-order valence-electron chi connectivity index (χ3n) is 5.36. The SMILES string of the molecule is O=C(C=Cc1cccc(-c2ccccc2C(F)(F)F)c1)N1C(=O)OCC1Cc1ccccc1. The highest BCUT2D eigenvalue weighted by Gasteiger charge is 2.37. The van der Waals surface area contributed by atoms with Crippen LogP contribution in [0.4, 0.5) is 18.0 Å². The zero-order chi connectivity index (χ0) is 23.4. The predicted octanol–water partition coefficient (Wildman–Crippen LogP) is 5.98. The van der Waals surface area contributed by atoms with E-state index in [-0.39, 0.29) is 12.2 Å². The van der Waals surface area contributed by atoms with Crippen molar-refractivity contribution in [1.29, 1.82) is 0 Å². The van der Waals surface area contributed by atoms with Crippen LogP contribution in [0.15, 0.2) is 84.9 Å². The van der Waals surface area contributed by atoms with Crippen LogP contribution in [0.2, 0.25) is 0 Å². The lowest BCUT2D eigenvalue weighted by Crippen LogP contribution is -2.39. The second kappa shape index (κ2) is 9.32. The van der Waals surface area contributed by atoms with E-state index in [4.69, 9.17) is 4.74 Å². The van der Waals surface area contributed by atoms with Crippen molar-refractivity contribution in [3.05, 3.63) is 102 Å². The lowest BCUT2D eigenvalue weighted by Gasteiger charge is -2.18. The molecule has 1 aliphatic heterocycles. The fraction of sp³-hybridized carbons (Fsp3) is 0.154. The van der Waals surface area contributed by atoms with Crippen LogP contribution in [0.25, 0.3) is 17.2 Å². The first-order chi connectivity index (χ1) is 15.8. The van der Waals surface area contributed by atoms with Gasteiger partial charge in [0.25, 0.3) is 5.91 Å². The summed E-state index contributed by atoms with van der Waals surface area (Å²) in [5.41, 5.74) is 1.20. The van der Waals surface area contributed by atoms with Gasteiger partial charge in [0.05, 0.1) is 11.6 Å². The fourth-order valence-corrected chi connectivity index (χ4v) is 3.81. The standard InChI is InChI=1S/C26H20F3NO3/c27-26(28,29)23-12-5-4-11-22(23)20-10-6-9-19(15-20)13-14-24(31)30-21(17-33-25(30)32)16-18-7-2-1-3-8-18/h1-15,21H,16-17H2. The van der Waals surface area contributed by atoms with E-state index in [0.717, 1.165) is 16.5 Å². The highest BCUT2D eigenvalue weighted by molar-refractivity contribution is 6.02. The molecule has 7 heteroatoms. The second-order valence-corrected chi connectivity index (χ2v) is 7.63. The molecular formula is C26H20F3NO3. The Balaban J connectivity index is 1.54. The maximum absolute atomic E-state index is 13.4. The molecule has 0 aromatic heterocycles.